The summed E-state index contributed by atoms with van der Waals surface area (Å²) in [4.78, 5) is 13.2. The topological polar surface area (TPSA) is 35.1 Å². The van der Waals surface area contributed by atoms with Gasteiger partial charge in [-0.2, -0.15) is 0 Å². The number of carbonyl (C=O) groups is 1. The van der Waals surface area contributed by atoms with Gasteiger partial charge in [0.05, 0.1) is 7.05 Å². The summed E-state index contributed by atoms with van der Waals surface area (Å²) in [5, 5.41) is 0. The molecule has 0 radical (unpaired) electrons. The van der Waals surface area contributed by atoms with Gasteiger partial charge in [-0.05, 0) is 49.7 Å². The summed E-state index contributed by atoms with van der Waals surface area (Å²) >= 11 is 0. The fraction of sp³-hybridized carbons (Fsp3) is 0.652. The molecule has 1 heterocycles. The zero-order chi connectivity index (χ0) is 19.7. The zero-order valence-electron chi connectivity index (χ0n) is 18.1. The zero-order valence-corrected chi connectivity index (χ0v) is 20.3. The number of esters is 1. The van der Waals surface area contributed by atoms with E-state index in [1.807, 2.05) is 19.1 Å². The Kier molecular flexibility index (Phi) is 7.94. The largest absolute Gasteiger partial charge is 1.00 e. The molecule has 1 fully saturated rings. The number of aromatic nitrogens is 2. The second-order valence-corrected chi connectivity index (χ2v) is 8.66. The Balaban J connectivity index is 0.00000280. The van der Waals surface area contributed by atoms with Crippen LogP contribution in [0.3, 0.4) is 0 Å². The molecule has 5 heteroatoms. The molecule has 0 saturated heterocycles. The summed E-state index contributed by atoms with van der Waals surface area (Å²) in [5.74, 6) is 2.70. The number of rotatable bonds is 5. The maximum absolute atomic E-state index is 13.2. The third kappa shape index (κ3) is 4.39. The number of para-hydroxylation sites is 2. The van der Waals surface area contributed by atoms with Gasteiger partial charge in [-0.3, -0.25) is 0 Å². The van der Waals surface area contributed by atoms with Crippen molar-refractivity contribution < 1.29 is 38.1 Å². The molecular formula is C23H35IN2O2. The first-order valence-corrected chi connectivity index (χ1v) is 10.5. The highest BCUT2D eigenvalue weighted by atomic mass is 127. The SMILES string of the molecule is CCc1n([C@H](C)C(=O)OC2C[C@@H](C)CC[C@@H]2C(C)C)c2ccccc2[n+]1C.[I-]. The number of ether oxygens (including phenoxy) is 1. The van der Waals surface area contributed by atoms with Crippen molar-refractivity contribution in [3.05, 3.63) is 30.1 Å². The highest BCUT2D eigenvalue weighted by Crippen LogP contribution is 2.36. The van der Waals surface area contributed by atoms with Crippen molar-refractivity contribution in [2.45, 2.75) is 72.4 Å². The molecule has 28 heavy (non-hydrogen) atoms. The van der Waals surface area contributed by atoms with Gasteiger partial charge in [0.2, 0.25) is 0 Å². The minimum Gasteiger partial charge on any atom is -1.00 e. The number of carbonyl (C=O) groups excluding carboxylic acids is 1. The quantitative estimate of drug-likeness (QED) is 0.357. The number of aryl methyl sites for hydroxylation is 1. The maximum atomic E-state index is 13.2. The van der Waals surface area contributed by atoms with Crippen LogP contribution in [0, 0.1) is 17.8 Å². The van der Waals surface area contributed by atoms with E-state index in [1.54, 1.807) is 0 Å². The molecule has 0 amide bonds. The molecule has 1 aromatic carbocycles. The molecule has 1 aromatic heterocycles. The van der Waals surface area contributed by atoms with Crippen LogP contribution < -0.4 is 28.5 Å². The number of fused-ring (bicyclic) bond motifs is 1. The van der Waals surface area contributed by atoms with Gasteiger partial charge < -0.3 is 28.7 Å². The van der Waals surface area contributed by atoms with E-state index in [-0.39, 0.29) is 42.1 Å². The fourth-order valence-corrected chi connectivity index (χ4v) is 4.83. The van der Waals surface area contributed by atoms with Gasteiger partial charge in [0, 0.05) is 6.42 Å². The number of hydrogen-bond donors (Lipinski definition) is 0. The van der Waals surface area contributed by atoms with Gasteiger partial charge in [0.25, 0.3) is 5.82 Å². The molecule has 1 saturated carbocycles. The molecule has 156 valence electrons. The fourth-order valence-electron chi connectivity index (χ4n) is 4.83. The standard InChI is InChI=1S/C23H35N2O2.HI/c1-7-22-24(6)19-10-8-9-11-20(19)25(22)17(5)23(26)27-21-14-16(4)12-13-18(21)15(2)3;/h8-11,15-18,21H,7,12-14H2,1-6H3;1H/q+1;/p-1/t16-,17+,18+,21?;/m0./s1. The van der Waals surface area contributed by atoms with Crippen LogP contribution in [0.5, 0.6) is 0 Å². The van der Waals surface area contributed by atoms with Crippen LogP contribution >= 0.6 is 0 Å². The van der Waals surface area contributed by atoms with Crippen LogP contribution in [0.25, 0.3) is 11.0 Å². The lowest BCUT2D eigenvalue weighted by atomic mass is 9.75. The normalized spacial score (nSPS) is 23.5. The third-order valence-electron chi connectivity index (χ3n) is 6.44. The number of benzene rings is 1. The molecule has 0 bridgehead atoms. The highest BCUT2D eigenvalue weighted by molar-refractivity contribution is 5.79. The molecule has 0 N–H and O–H groups in total. The molecular weight excluding hydrogens is 463 g/mol. The number of nitrogens with zero attached hydrogens (tertiary/aromatic N) is 2. The Morgan fingerprint density at radius 1 is 1.25 bits per heavy atom. The van der Waals surface area contributed by atoms with Crippen molar-refractivity contribution in [1.82, 2.24) is 4.57 Å². The molecule has 0 spiro atoms. The minimum atomic E-state index is -0.323. The van der Waals surface area contributed by atoms with Gasteiger partial charge in [-0.25, -0.2) is 13.9 Å². The molecule has 1 unspecified atom stereocenters. The number of hydrogen-bond acceptors (Lipinski definition) is 2. The van der Waals surface area contributed by atoms with Crippen LogP contribution in [0.1, 0.15) is 65.7 Å². The lowest BCUT2D eigenvalue weighted by Gasteiger charge is -2.37. The van der Waals surface area contributed by atoms with Crippen LogP contribution in [-0.4, -0.2) is 16.6 Å². The molecule has 1 aliphatic carbocycles. The molecule has 2 aromatic rings. The first-order valence-electron chi connectivity index (χ1n) is 10.5. The van der Waals surface area contributed by atoms with Gasteiger partial charge in [0.15, 0.2) is 17.1 Å². The van der Waals surface area contributed by atoms with E-state index in [0.29, 0.717) is 17.8 Å². The smallest absolute Gasteiger partial charge is 0.351 e. The summed E-state index contributed by atoms with van der Waals surface area (Å²) in [6.07, 6.45) is 4.31. The summed E-state index contributed by atoms with van der Waals surface area (Å²) in [7, 11) is 2.08. The third-order valence-corrected chi connectivity index (χ3v) is 6.44. The van der Waals surface area contributed by atoms with Crippen molar-refractivity contribution in [2.75, 3.05) is 0 Å². The Bertz CT molecular complexity index is 814. The number of imidazole rings is 1. The summed E-state index contributed by atoms with van der Waals surface area (Å²) in [5.41, 5.74) is 2.25. The van der Waals surface area contributed by atoms with E-state index in [4.69, 9.17) is 4.74 Å². The molecule has 4 atom stereocenters. The van der Waals surface area contributed by atoms with E-state index in [0.717, 1.165) is 36.1 Å². The van der Waals surface area contributed by atoms with Gasteiger partial charge in [-0.1, -0.05) is 46.2 Å². The minimum absolute atomic E-state index is 0. The van der Waals surface area contributed by atoms with Crippen LogP contribution in [0.2, 0.25) is 0 Å². The molecule has 4 nitrogen and oxygen atoms in total. The van der Waals surface area contributed by atoms with Crippen molar-refractivity contribution >= 4 is 17.0 Å². The predicted molar refractivity (Wildman–Crippen MR) is 108 cm³/mol. The Hall–Kier alpha value is -1.11. The van der Waals surface area contributed by atoms with E-state index in [1.165, 1.54) is 6.42 Å². The first kappa shape index (κ1) is 23.2. The molecule has 0 aliphatic heterocycles. The lowest BCUT2D eigenvalue weighted by Crippen LogP contribution is -3.00. The van der Waals surface area contributed by atoms with E-state index in [2.05, 4.69) is 56.0 Å². The van der Waals surface area contributed by atoms with Crippen molar-refractivity contribution in [3.63, 3.8) is 0 Å². The summed E-state index contributed by atoms with van der Waals surface area (Å²) < 4.78 is 10.5. The molecule has 3 rings (SSSR count). The average Bonchev–Trinajstić information content (AvgIpc) is 2.93. The van der Waals surface area contributed by atoms with Crippen LogP contribution in [0.4, 0.5) is 0 Å². The second-order valence-electron chi connectivity index (χ2n) is 8.66. The lowest BCUT2D eigenvalue weighted by molar-refractivity contribution is -0.654. The van der Waals surface area contributed by atoms with Crippen LogP contribution in [0.15, 0.2) is 24.3 Å². The van der Waals surface area contributed by atoms with Gasteiger partial charge >= 0.3 is 5.97 Å². The van der Waals surface area contributed by atoms with Gasteiger partial charge in [-0.15, -0.1) is 0 Å². The Morgan fingerprint density at radius 3 is 2.57 bits per heavy atom. The summed E-state index contributed by atoms with van der Waals surface area (Å²) in [6.45, 7) is 10.9. The van der Waals surface area contributed by atoms with E-state index < -0.39 is 0 Å². The van der Waals surface area contributed by atoms with Crippen molar-refractivity contribution in [1.29, 1.82) is 0 Å². The highest BCUT2D eigenvalue weighted by Gasteiger charge is 2.37. The first-order chi connectivity index (χ1) is 12.8. The Labute approximate surface area is 186 Å². The molecule has 1 aliphatic rings. The van der Waals surface area contributed by atoms with E-state index >= 15 is 0 Å². The average molecular weight is 498 g/mol. The predicted octanol–water partition coefficient (Wildman–Crippen LogP) is 1.60. The van der Waals surface area contributed by atoms with Crippen molar-refractivity contribution in [3.8, 4) is 0 Å². The monoisotopic (exact) mass is 498 g/mol. The van der Waals surface area contributed by atoms with Crippen LogP contribution in [-0.2, 0) is 23.0 Å². The second kappa shape index (κ2) is 9.59. The van der Waals surface area contributed by atoms with Crippen molar-refractivity contribution in [2.24, 2.45) is 24.8 Å². The number of halogens is 1. The maximum Gasteiger partial charge on any atom is 0.351 e. The summed E-state index contributed by atoms with van der Waals surface area (Å²) in [6, 6.07) is 7.97. The Morgan fingerprint density at radius 2 is 1.93 bits per heavy atom. The van der Waals surface area contributed by atoms with Gasteiger partial charge in [0.1, 0.15) is 6.10 Å². The van der Waals surface area contributed by atoms with E-state index in [9.17, 15) is 4.79 Å².